The van der Waals surface area contributed by atoms with Crippen molar-refractivity contribution < 1.29 is 4.74 Å². The number of piperidine rings is 1. The number of ether oxygens (including phenoxy) is 1. The minimum atomic E-state index is -0.131. The number of rotatable bonds is 3. The first kappa shape index (κ1) is 20.6. The summed E-state index contributed by atoms with van der Waals surface area (Å²) in [5.74, 6) is 1.63. The summed E-state index contributed by atoms with van der Waals surface area (Å²) in [6, 6.07) is 4.68. The highest BCUT2D eigenvalue weighted by molar-refractivity contribution is 5.83. The third-order valence-corrected chi connectivity index (χ3v) is 7.36. The molecule has 6 heteroatoms. The number of nitrogens with two attached hydrogens (primary N) is 2. The Hall–Kier alpha value is -2.34. The maximum Gasteiger partial charge on any atom is 0.143 e. The molecule has 0 atom stereocenters. The number of nitrogen functional groups attached to an aromatic ring is 1. The van der Waals surface area contributed by atoms with Crippen molar-refractivity contribution in [2.45, 2.75) is 82.8 Å². The van der Waals surface area contributed by atoms with E-state index in [9.17, 15) is 0 Å². The summed E-state index contributed by atoms with van der Waals surface area (Å²) in [7, 11) is 0. The predicted molar refractivity (Wildman–Crippen MR) is 126 cm³/mol. The molecule has 6 nitrogen and oxygen atoms in total. The molecule has 5 rings (SSSR count). The zero-order valence-electron chi connectivity index (χ0n) is 18.9. The van der Waals surface area contributed by atoms with Crippen molar-refractivity contribution in [3.8, 4) is 17.0 Å². The second-order valence-corrected chi connectivity index (χ2v) is 10.2. The van der Waals surface area contributed by atoms with E-state index < -0.39 is 0 Å². The summed E-state index contributed by atoms with van der Waals surface area (Å²) >= 11 is 0. The lowest BCUT2D eigenvalue weighted by molar-refractivity contribution is 0.147. The Morgan fingerprint density at radius 3 is 2.52 bits per heavy atom. The van der Waals surface area contributed by atoms with Crippen LogP contribution in [0.2, 0.25) is 0 Å². The van der Waals surface area contributed by atoms with Crippen LogP contribution in [0, 0.1) is 0 Å². The van der Waals surface area contributed by atoms with Gasteiger partial charge in [0.05, 0.1) is 17.5 Å². The lowest BCUT2D eigenvalue weighted by Gasteiger charge is -2.39. The minimum Gasteiger partial charge on any atom is -0.488 e. The van der Waals surface area contributed by atoms with Crippen LogP contribution in [0.4, 0.5) is 11.5 Å². The van der Waals surface area contributed by atoms with Gasteiger partial charge >= 0.3 is 0 Å². The van der Waals surface area contributed by atoms with Crippen LogP contribution >= 0.6 is 0 Å². The van der Waals surface area contributed by atoms with Crippen molar-refractivity contribution in [1.29, 1.82) is 0 Å². The third-order valence-electron chi connectivity index (χ3n) is 7.36. The van der Waals surface area contributed by atoms with E-state index in [1.807, 2.05) is 0 Å². The average molecular weight is 422 g/mol. The Morgan fingerprint density at radius 2 is 1.77 bits per heavy atom. The van der Waals surface area contributed by atoms with Crippen LogP contribution in [0.5, 0.6) is 5.75 Å². The molecule has 1 saturated heterocycles. The monoisotopic (exact) mass is 421 g/mol. The van der Waals surface area contributed by atoms with Gasteiger partial charge in [-0.1, -0.05) is 13.8 Å². The van der Waals surface area contributed by atoms with Gasteiger partial charge in [-0.2, -0.15) is 0 Å². The van der Waals surface area contributed by atoms with Crippen molar-refractivity contribution in [1.82, 2.24) is 9.97 Å². The number of aromatic nitrogens is 2. The first-order valence-corrected chi connectivity index (χ1v) is 11.9. The second kappa shape index (κ2) is 7.97. The standard InChI is InChI=1S/C25H35N5O/c1-25(2)14-19-18(22-21(25)24(27)29-15-28-22)10-11-20(23(19)30-12-4-3-5-13-30)31-17-8-6-16(26)7-9-17/h10-11,15-17H,3-9,12-14,26H2,1-2H3,(H2,27,28,29)/t16-,17-. The van der Waals surface area contributed by atoms with E-state index in [-0.39, 0.29) is 11.5 Å². The number of benzene rings is 1. The average Bonchev–Trinajstić information content (AvgIpc) is 2.75. The summed E-state index contributed by atoms with van der Waals surface area (Å²) in [5, 5.41) is 0. The highest BCUT2D eigenvalue weighted by Crippen LogP contribution is 2.50. The molecule has 1 aromatic heterocycles. The van der Waals surface area contributed by atoms with E-state index in [0.717, 1.165) is 62.2 Å². The number of nitrogens with zero attached hydrogens (tertiary/aromatic N) is 3. The molecular formula is C25H35N5O. The molecule has 2 aliphatic carbocycles. The fourth-order valence-corrected chi connectivity index (χ4v) is 5.76. The molecule has 166 valence electrons. The van der Waals surface area contributed by atoms with Crippen molar-refractivity contribution in [3.63, 3.8) is 0 Å². The van der Waals surface area contributed by atoms with Gasteiger partial charge in [0.2, 0.25) is 0 Å². The molecule has 0 spiro atoms. The maximum absolute atomic E-state index is 6.68. The highest BCUT2D eigenvalue weighted by Gasteiger charge is 2.38. The van der Waals surface area contributed by atoms with Gasteiger partial charge in [-0.05, 0) is 74.5 Å². The number of fused-ring (bicyclic) bond motifs is 3. The first-order valence-electron chi connectivity index (χ1n) is 11.9. The van der Waals surface area contributed by atoms with Gasteiger partial charge in [0.1, 0.15) is 17.9 Å². The molecule has 2 fully saturated rings. The molecule has 2 heterocycles. The molecule has 1 aliphatic heterocycles. The number of anilines is 2. The Kier molecular flexibility index (Phi) is 5.29. The van der Waals surface area contributed by atoms with E-state index in [0.29, 0.717) is 11.9 Å². The van der Waals surface area contributed by atoms with Gasteiger partial charge in [-0.3, -0.25) is 0 Å². The molecule has 0 unspecified atom stereocenters. The van der Waals surface area contributed by atoms with Gasteiger partial charge in [0.25, 0.3) is 0 Å². The van der Waals surface area contributed by atoms with Crippen LogP contribution in [0.3, 0.4) is 0 Å². The van der Waals surface area contributed by atoms with Crippen LogP contribution in [-0.2, 0) is 11.8 Å². The number of hydrogen-bond acceptors (Lipinski definition) is 6. The fraction of sp³-hybridized carbons (Fsp3) is 0.600. The van der Waals surface area contributed by atoms with Gasteiger partial charge in [0, 0.05) is 30.3 Å². The summed E-state index contributed by atoms with van der Waals surface area (Å²) in [6.07, 6.45) is 10.7. The molecule has 2 aromatic rings. The van der Waals surface area contributed by atoms with E-state index in [2.05, 4.69) is 35.9 Å². The largest absolute Gasteiger partial charge is 0.488 e. The van der Waals surface area contributed by atoms with Crippen molar-refractivity contribution in [2.24, 2.45) is 5.73 Å². The topological polar surface area (TPSA) is 90.3 Å². The van der Waals surface area contributed by atoms with Crippen LogP contribution in [0.1, 0.15) is 69.9 Å². The molecule has 1 saturated carbocycles. The van der Waals surface area contributed by atoms with Gasteiger partial charge in [0.15, 0.2) is 0 Å². The zero-order valence-corrected chi connectivity index (χ0v) is 18.9. The molecule has 3 aliphatic rings. The molecule has 31 heavy (non-hydrogen) atoms. The Labute approximate surface area is 185 Å². The Morgan fingerprint density at radius 1 is 1.03 bits per heavy atom. The third kappa shape index (κ3) is 3.75. The lowest BCUT2D eigenvalue weighted by atomic mass is 9.71. The molecule has 1 aromatic carbocycles. The predicted octanol–water partition coefficient (Wildman–Crippen LogP) is 4.20. The minimum absolute atomic E-state index is 0.131. The SMILES string of the molecule is CC1(C)Cc2c(ccc(O[C@H]3CC[C@H](N)CC3)c2N2CCCCC2)-c2ncnc(N)c21. The van der Waals surface area contributed by atoms with Crippen LogP contribution < -0.4 is 21.1 Å². The summed E-state index contributed by atoms with van der Waals surface area (Å²) in [4.78, 5) is 11.5. The van der Waals surface area contributed by atoms with Crippen molar-refractivity contribution in [2.75, 3.05) is 23.7 Å². The van der Waals surface area contributed by atoms with Crippen LogP contribution in [-0.4, -0.2) is 35.2 Å². The van der Waals surface area contributed by atoms with Gasteiger partial charge < -0.3 is 21.1 Å². The summed E-state index contributed by atoms with van der Waals surface area (Å²) in [5.41, 5.74) is 18.2. The van der Waals surface area contributed by atoms with E-state index >= 15 is 0 Å². The maximum atomic E-state index is 6.68. The first-order chi connectivity index (χ1) is 14.9. The Bertz CT molecular complexity index is 959. The molecule has 0 amide bonds. The molecular weight excluding hydrogens is 386 g/mol. The van der Waals surface area contributed by atoms with Gasteiger partial charge in [-0.25, -0.2) is 9.97 Å². The summed E-state index contributed by atoms with van der Waals surface area (Å²) < 4.78 is 6.68. The van der Waals surface area contributed by atoms with Gasteiger partial charge in [-0.15, -0.1) is 0 Å². The van der Waals surface area contributed by atoms with Crippen LogP contribution in [0.25, 0.3) is 11.3 Å². The molecule has 0 bridgehead atoms. The van der Waals surface area contributed by atoms with Crippen molar-refractivity contribution in [3.05, 3.63) is 29.6 Å². The smallest absolute Gasteiger partial charge is 0.143 e. The van der Waals surface area contributed by atoms with Crippen LogP contribution in [0.15, 0.2) is 18.5 Å². The second-order valence-electron chi connectivity index (χ2n) is 10.2. The van der Waals surface area contributed by atoms with Crippen molar-refractivity contribution >= 4 is 11.5 Å². The van der Waals surface area contributed by atoms with E-state index in [1.54, 1.807) is 6.33 Å². The molecule has 0 radical (unpaired) electrons. The Balaban J connectivity index is 1.61. The normalized spacial score (nSPS) is 24.9. The quantitative estimate of drug-likeness (QED) is 0.772. The highest BCUT2D eigenvalue weighted by atomic mass is 16.5. The zero-order chi connectivity index (χ0) is 21.6. The van der Waals surface area contributed by atoms with E-state index in [4.69, 9.17) is 21.2 Å². The molecule has 4 N–H and O–H groups in total. The summed E-state index contributed by atoms with van der Waals surface area (Å²) in [6.45, 7) is 6.68. The fourth-order valence-electron chi connectivity index (χ4n) is 5.76. The van der Waals surface area contributed by atoms with E-state index in [1.165, 1.54) is 36.1 Å². The number of hydrogen-bond donors (Lipinski definition) is 2. The lowest BCUT2D eigenvalue weighted by Crippen LogP contribution is -2.35.